The molecule has 1 atom stereocenters. The SMILES string of the molecule is COc1ccc(Cl)cc1C(CN)c1nnnn1C. The minimum atomic E-state index is -0.154. The summed E-state index contributed by atoms with van der Waals surface area (Å²) in [6, 6.07) is 5.41. The zero-order chi connectivity index (χ0) is 13.1. The average molecular weight is 268 g/mol. The minimum Gasteiger partial charge on any atom is -0.496 e. The van der Waals surface area contributed by atoms with Crippen LogP contribution in [0.1, 0.15) is 17.3 Å². The van der Waals surface area contributed by atoms with E-state index in [1.54, 1.807) is 24.9 Å². The number of halogens is 1. The lowest BCUT2D eigenvalue weighted by molar-refractivity contribution is 0.406. The monoisotopic (exact) mass is 267 g/mol. The van der Waals surface area contributed by atoms with Crippen LogP contribution in [0.3, 0.4) is 0 Å². The molecule has 2 rings (SSSR count). The van der Waals surface area contributed by atoms with Gasteiger partial charge in [0.05, 0.1) is 13.0 Å². The molecule has 96 valence electrons. The molecule has 0 saturated carbocycles. The van der Waals surface area contributed by atoms with Crippen LogP contribution in [0, 0.1) is 0 Å². The number of rotatable bonds is 4. The zero-order valence-corrected chi connectivity index (χ0v) is 10.9. The van der Waals surface area contributed by atoms with Crippen LogP contribution in [0.25, 0.3) is 0 Å². The second-order valence-corrected chi connectivity index (χ2v) is 4.27. The number of benzene rings is 1. The van der Waals surface area contributed by atoms with Gasteiger partial charge in [0.25, 0.3) is 0 Å². The van der Waals surface area contributed by atoms with E-state index in [9.17, 15) is 0 Å². The Morgan fingerprint density at radius 1 is 1.50 bits per heavy atom. The molecule has 18 heavy (non-hydrogen) atoms. The first-order valence-electron chi connectivity index (χ1n) is 5.43. The standard InChI is InChI=1S/C11H14ClN5O/c1-17-11(14-15-16-17)9(6-13)8-5-7(12)3-4-10(8)18-2/h3-5,9H,6,13H2,1-2H3. The molecule has 0 aliphatic rings. The van der Waals surface area contributed by atoms with E-state index in [0.717, 1.165) is 11.3 Å². The smallest absolute Gasteiger partial charge is 0.159 e. The number of aromatic nitrogens is 4. The first kappa shape index (κ1) is 12.8. The number of nitrogens with two attached hydrogens (primary N) is 1. The number of hydrogen-bond acceptors (Lipinski definition) is 5. The maximum atomic E-state index is 6.02. The second kappa shape index (κ2) is 5.32. The van der Waals surface area contributed by atoms with Gasteiger partial charge in [0.15, 0.2) is 5.82 Å². The molecular weight excluding hydrogens is 254 g/mol. The van der Waals surface area contributed by atoms with E-state index in [0.29, 0.717) is 17.4 Å². The molecule has 7 heteroatoms. The molecule has 6 nitrogen and oxygen atoms in total. The van der Waals surface area contributed by atoms with Gasteiger partial charge in [0.1, 0.15) is 5.75 Å². The zero-order valence-electron chi connectivity index (χ0n) is 10.2. The molecule has 1 heterocycles. The third-order valence-electron chi connectivity index (χ3n) is 2.77. The lowest BCUT2D eigenvalue weighted by Gasteiger charge is -2.17. The Morgan fingerprint density at radius 3 is 2.83 bits per heavy atom. The van der Waals surface area contributed by atoms with Crippen molar-refractivity contribution in [2.45, 2.75) is 5.92 Å². The lowest BCUT2D eigenvalue weighted by atomic mass is 9.97. The summed E-state index contributed by atoms with van der Waals surface area (Å²) in [5, 5.41) is 12.1. The summed E-state index contributed by atoms with van der Waals surface area (Å²) >= 11 is 6.02. The number of methoxy groups -OCH3 is 1. The first-order valence-corrected chi connectivity index (χ1v) is 5.81. The van der Waals surface area contributed by atoms with Crippen molar-refractivity contribution >= 4 is 11.6 Å². The van der Waals surface area contributed by atoms with E-state index in [2.05, 4.69) is 15.5 Å². The number of nitrogens with zero attached hydrogens (tertiary/aromatic N) is 4. The quantitative estimate of drug-likeness (QED) is 0.893. The molecule has 0 radical (unpaired) electrons. The average Bonchev–Trinajstić information content (AvgIpc) is 2.77. The highest BCUT2D eigenvalue weighted by atomic mass is 35.5. The fourth-order valence-electron chi connectivity index (χ4n) is 1.88. The highest BCUT2D eigenvalue weighted by Gasteiger charge is 2.22. The molecule has 2 aromatic rings. The summed E-state index contributed by atoms with van der Waals surface area (Å²) < 4.78 is 6.92. The minimum absolute atomic E-state index is 0.154. The van der Waals surface area contributed by atoms with Crippen LogP contribution in [0.15, 0.2) is 18.2 Å². The van der Waals surface area contributed by atoms with Crippen molar-refractivity contribution < 1.29 is 4.74 Å². The van der Waals surface area contributed by atoms with Crippen LogP contribution >= 0.6 is 11.6 Å². The summed E-state index contributed by atoms with van der Waals surface area (Å²) in [4.78, 5) is 0. The summed E-state index contributed by atoms with van der Waals surface area (Å²) in [7, 11) is 3.38. The molecule has 1 aromatic heterocycles. The van der Waals surface area contributed by atoms with Crippen molar-refractivity contribution in [3.63, 3.8) is 0 Å². The van der Waals surface area contributed by atoms with Gasteiger partial charge in [0.2, 0.25) is 0 Å². The number of aryl methyl sites for hydroxylation is 1. The Hall–Kier alpha value is -1.66. The maximum absolute atomic E-state index is 6.02. The van der Waals surface area contributed by atoms with E-state index in [1.165, 1.54) is 0 Å². The highest BCUT2D eigenvalue weighted by Crippen LogP contribution is 2.32. The van der Waals surface area contributed by atoms with E-state index in [1.807, 2.05) is 12.1 Å². The number of hydrogen-bond donors (Lipinski definition) is 1. The van der Waals surface area contributed by atoms with Gasteiger partial charge < -0.3 is 10.5 Å². The molecule has 0 aliphatic carbocycles. The molecule has 0 fully saturated rings. The predicted octanol–water partition coefficient (Wildman–Crippen LogP) is 0.963. The fraction of sp³-hybridized carbons (Fsp3) is 0.364. The van der Waals surface area contributed by atoms with Crippen molar-refractivity contribution in [1.29, 1.82) is 0 Å². The molecule has 0 bridgehead atoms. The van der Waals surface area contributed by atoms with Crippen LogP contribution in [0.5, 0.6) is 5.75 Å². The van der Waals surface area contributed by atoms with Gasteiger partial charge in [-0.1, -0.05) is 11.6 Å². The lowest BCUT2D eigenvalue weighted by Crippen LogP contribution is -2.18. The van der Waals surface area contributed by atoms with E-state index in [4.69, 9.17) is 22.1 Å². The molecule has 2 N–H and O–H groups in total. The fourth-order valence-corrected chi connectivity index (χ4v) is 2.06. The van der Waals surface area contributed by atoms with Gasteiger partial charge in [0, 0.05) is 24.2 Å². The molecule has 0 amide bonds. The molecule has 1 unspecified atom stereocenters. The third-order valence-corrected chi connectivity index (χ3v) is 3.00. The normalized spacial score (nSPS) is 12.4. The van der Waals surface area contributed by atoms with Gasteiger partial charge in [-0.2, -0.15) is 0 Å². The van der Waals surface area contributed by atoms with Gasteiger partial charge in [-0.25, -0.2) is 4.68 Å². The van der Waals surface area contributed by atoms with E-state index < -0.39 is 0 Å². The topological polar surface area (TPSA) is 78.8 Å². The van der Waals surface area contributed by atoms with E-state index in [-0.39, 0.29) is 5.92 Å². The Kier molecular flexibility index (Phi) is 3.78. The third kappa shape index (κ3) is 2.30. The predicted molar refractivity (Wildman–Crippen MR) is 67.7 cm³/mol. The van der Waals surface area contributed by atoms with Crippen LogP contribution < -0.4 is 10.5 Å². The van der Waals surface area contributed by atoms with Crippen molar-refractivity contribution in [2.75, 3.05) is 13.7 Å². The summed E-state index contributed by atoms with van der Waals surface area (Å²) in [6.07, 6.45) is 0. The van der Waals surface area contributed by atoms with Gasteiger partial charge in [-0.05, 0) is 28.6 Å². The number of tetrazole rings is 1. The number of ether oxygens (including phenoxy) is 1. The molecule has 0 saturated heterocycles. The second-order valence-electron chi connectivity index (χ2n) is 3.84. The molecule has 0 spiro atoms. The van der Waals surface area contributed by atoms with Crippen molar-refractivity contribution in [3.05, 3.63) is 34.6 Å². The summed E-state index contributed by atoms with van der Waals surface area (Å²) in [5.41, 5.74) is 6.71. The molecular formula is C11H14ClN5O. The van der Waals surface area contributed by atoms with Crippen LogP contribution in [-0.2, 0) is 7.05 Å². The van der Waals surface area contributed by atoms with Crippen molar-refractivity contribution in [2.24, 2.45) is 12.8 Å². The Bertz CT molecular complexity index is 542. The Labute approximate surface area is 110 Å². The Balaban J connectivity index is 2.51. The molecule has 1 aromatic carbocycles. The van der Waals surface area contributed by atoms with Crippen LogP contribution in [-0.4, -0.2) is 33.9 Å². The van der Waals surface area contributed by atoms with Gasteiger partial charge in [-0.15, -0.1) is 5.10 Å². The molecule has 0 aliphatic heterocycles. The summed E-state index contributed by atoms with van der Waals surface area (Å²) in [6.45, 7) is 0.366. The van der Waals surface area contributed by atoms with E-state index >= 15 is 0 Å². The Morgan fingerprint density at radius 2 is 2.28 bits per heavy atom. The van der Waals surface area contributed by atoms with Gasteiger partial charge in [-0.3, -0.25) is 0 Å². The van der Waals surface area contributed by atoms with Gasteiger partial charge >= 0.3 is 0 Å². The van der Waals surface area contributed by atoms with Crippen molar-refractivity contribution in [1.82, 2.24) is 20.2 Å². The maximum Gasteiger partial charge on any atom is 0.159 e. The van der Waals surface area contributed by atoms with Crippen molar-refractivity contribution in [3.8, 4) is 5.75 Å². The largest absolute Gasteiger partial charge is 0.496 e. The summed E-state index contributed by atoms with van der Waals surface area (Å²) in [5.74, 6) is 1.24. The first-order chi connectivity index (χ1) is 8.67. The highest BCUT2D eigenvalue weighted by molar-refractivity contribution is 6.30. The van der Waals surface area contributed by atoms with Crippen LogP contribution in [0.4, 0.5) is 0 Å². The van der Waals surface area contributed by atoms with Crippen LogP contribution in [0.2, 0.25) is 5.02 Å².